The van der Waals surface area contributed by atoms with Crippen LogP contribution in [0.25, 0.3) is 0 Å². The highest BCUT2D eigenvalue weighted by Crippen LogP contribution is 2.31. The van der Waals surface area contributed by atoms with Crippen LogP contribution in [0.4, 0.5) is 24.7 Å². The summed E-state index contributed by atoms with van der Waals surface area (Å²) < 4.78 is 43.4. The van der Waals surface area contributed by atoms with E-state index in [2.05, 4.69) is 20.9 Å². The van der Waals surface area contributed by atoms with E-state index in [1.165, 1.54) is 37.5 Å². The zero-order valence-corrected chi connectivity index (χ0v) is 15.2. The number of pyridine rings is 1. The van der Waals surface area contributed by atoms with Crippen LogP contribution in [0.2, 0.25) is 0 Å². The van der Waals surface area contributed by atoms with Crippen molar-refractivity contribution in [2.24, 2.45) is 0 Å². The van der Waals surface area contributed by atoms with E-state index in [4.69, 9.17) is 4.74 Å². The molecule has 2 amide bonds. The quantitative estimate of drug-likeness (QED) is 0.602. The van der Waals surface area contributed by atoms with Crippen LogP contribution in [-0.4, -0.2) is 43.0 Å². The van der Waals surface area contributed by atoms with Gasteiger partial charge in [0.05, 0.1) is 12.1 Å². The van der Waals surface area contributed by atoms with Crippen molar-refractivity contribution >= 4 is 29.3 Å². The number of ether oxygens (including phenoxy) is 1. The number of alkyl halides is 3. The number of nitrogens with zero attached hydrogens (tertiary/aromatic N) is 1. The molecule has 1 aromatic carbocycles. The Hall–Kier alpha value is -3.63. The molecule has 0 bridgehead atoms. The third-order valence-electron chi connectivity index (χ3n) is 3.54. The summed E-state index contributed by atoms with van der Waals surface area (Å²) in [5.41, 5.74) is -0.879. The number of carbonyl (C=O) groups is 3. The molecule has 0 saturated carbocycles. The fourth-order valence-corrected chi connectivity index (χ4v) is 2.11. The number of carbonyl (C=O) groups excluding carboxylic acids is 3. The molecule has 0 saturated heterocycles. The lowest BCUT2D eigenvalue weighted by molar-refractivity contribution is -0.137. The van der Waals surface area contributed by atoms with Gasteiger partial charge in [-0.2, -0.15) is 13.2 Å². The summed E-state index contributed by atoms with van der Waals surface area (Å²) in [4.78, 5) is 38.8. The van der Waals surface area contributed by atoms with Gasteiger partial charge in [0.15, 0.2) is 6.61 Å². The van der Waals surface area contributed by atoms with Gasteiger partial charge in [-0.3, -0.25) is 9.59 Å². The lowest BCUT2D eigenvalue weighted by Crippen LogP contribution is -2.37. The number of esters is 1. The molecule has 0 spiro atoms. The topological polar surface area (TPSA) is 109 Å². The number of aromatic nitrogens is 1. The second kappa shape index (κ2) is 9.53. The Labute approximate surface area is 163 Å². The Morgan fingerprint density at radius 3 is 2.55 bits per heavy atom. The smallest absolute Gasteiger partial charge is 0.416 e. The summed E-state index contributed by atoms with van der Waals surface area (Å²) in [6.07, 6.45) is -3.19. The van der Waals surface area contributed by atoms with Crippen LogP contribution in [0.3, 0.4) is 0 Å². The predicted octanol–water partition coefficient (Wildman–Crippen LogP) is 1.86. The monoisotopic (exact) mass is 410 g/mol. The van der Waals surface area contributed by atoms with Crippen LogP contribution in [0.1, 0.15) is 15.9 Å². The van der Waals surface area contributed by atoms with Gasteiger partial charge in [-0.1, -0.05) is 6.07 Å². The zero-order valence-electron chi connectivity index (χ0n) is 15.2. The van der Waals surface area contributed by atoms with Gasteiger partial charge < -0.3 is 20.7 Å². The van der Waals surface area contributed by atoms with Crippen LogP contribution >= 0.6 is 0 Å². The molecule has 29 heavy (non-hydrogen) atoms. The number of hydrogen-bond donors (Lipinski definition) is 3. The van der Waals surface area contributed by atoms with Crippen molar-refractivity contribution in [3.8, 4) is 0 Å². The first-order valence-corrected chi connectivity index (χ1v) is 8.24. The lowest BCUT2D eigenvalue weighted by atomic mass is 10.2. The number of benzene rings is 1. The van der Waals surface area contributed by atoms with E-state index in [0.29, 0.717) is 0 Å². The molecule has 2 aromatic rings. The first kappa shape index (κ1) is 21.7. The van der Waals surface area contributed by atoms with Crippen molar-refractivity contribution in [3.05, 3.63) is 53.7 Å². The average molecular weight is 410 g/mol. The molecule has 0 aliphatic rings. The van der Waals surface area contributed by atoms with E-state index in [1.54, 1.807) is 0 Å². The number of hydrogen-bond acceptors (Lipinski definition) is 6. The third kappa shape index (κ3) is 6.48. The van der Waals surface area contributed by atoms with Crippen LogP contribution in [0.15, 0.2) is 42.6 Å². The van der Waals surface area contributed by atoms with Gasteiger partial charge in [0.25, 0.3) is 5.91 Å². The molecule has 0 atom stereocenters. The molecular formula is C18H17F3N4O4. The molecule has 2 rings (SSSR count). The van der Waals surface area contributed by atoms with Gasteiger partial charge in [0.1, 0.15) is 11.4 Å². The van der Waals surface area contributed by atoms with E-state index >= 15 is 0 Å². The SMILES string of the molecule is CNC(=O)CNC(=O)COC(=O)c1cccnc1Nc1cccc(C(F)(F)F)c1. The van der Waals surface area contributed by atoms with Crippen LogP contribution in [0.5, 0.6) is 0 Å². The van der Waals surface area contributed by atoms with Crippen LogP contribution in [-0.2, 0) is 20.5 Å². The molecule has 0 unspecified atom stereocenters. The fourth-order valence-electron chi connectivity index (χ4n) is 2.11. The van der Waals surface area contributed by atoms with Crippen molar-refractivity contribution < 1.29 is 32.3 Å². The summed E-state index contributed by atoms with van der Waals surface area (Å²) in [5, 5.41) is 7.19. The average Bonchev–Trinajstić information content (AvgIpc) is 2.70. The van der Waals surface area contributed by atoms with Crippen molar-refractivity contribution in [1.29, 1.82) is 0 Å². The van der Waals surface area contributed by atoms with E-state index in [0.717, 1.165) is 12.1 Å². The lowest BCUT2D eigenvalue weighted by Gasteiger charge is -2.12. The summed E-state index contributed by atoms with van der Waals surface area (Å²) in [5.74, 6) is -2.08. The van der Waals surface area contributed by atoms with Gasteiger partial charge in [-0.25, -0.2) is 9.78 Å². The number of nitrogens with one attached hydrogen (secondary N) is 3. The summed E-state index contributed by atoms with van der Waals surface area (Å²) in [6, 6.07) is 7.15. The molecule has 1 aromatic heterocycles. The van der Waals surface area contributed by atoms with Gasteiger partial charge in [0, 0.05) is 18.9 Å². The Balaban J connectivity index is 2.06. The minimum atomic E-state index is -4.52. The molecule has 0 aliphatic heterocycles. The maximum absolute atomic E-state index is 12.8. The van der Waals surface area contributed by atoms with Crippen molar-refractivity contribution in [2.75, 3.05) is 25.5 Å². The second-order valence-corrected chi connectivity index (χ2v) is 5.63. The van der Waals surface area contributed by atoms with E-state index in [9.17, 15) is 27.6 Å². The van der Waals surface area contributed by atoms with E-state index < -0.39 is 36.1 Å². The van der Waals surface area contributed by atoms with Crippen LogP contribution < -0.4 is 16.0 Å². The Bertz CT molecular complexity index is 903. The van der Waals surface area contributed by atoms with Gasteiger partial charge >= 0.3 is 12.1 Å². The molecule has 1 heterocycles. The highest BCUT2D eigenvalue weighted by molar-refractivity contribution is 5.96. The zero-order chi connectivity index (χ0) is 21.4. The highest BCUT2D eigenvalue weighted by Gasteiger charge is 2.30. The number of halogens is 3. The summed E-state index contributed by atoms with van der Waals surface area (Å²) >= 11 is 0. The molecule has 8 nitrogen and oxygen atoms in total. The Morgan fingerprint density at radius 1 is 1.10 bits per heavy atom. The van der Waals surface area contributed by atoms with Crippen molar-refractivity contribution in [3.63, 3.8) is 0 Å². The minimum Gasteiger partial charge on any atom is -0.452 e. The Kier molecular flexibility index (Phi) is 7.12. The van der Waals surface area contributed by atoms with Gasteiger partial charge in [-0.15, -0.1) is 0 Å². The standard InChI is InChI=1S/C18H17F3N4O4/c1-22-14(26)9-24-15(27)10-29-17(28)13-6-3-7-23-16(13)25-12-5-2-4-11(8-12)18(19,20)21/h2-8H,9-10H2,1H3,(H,22,26)(H,23,25)(H,24,27). The Morgan fingerprint density at radius 2 is 1.86 bits per heavy atom. The molecule has 0 fully saturated rings. The molecule has 3 N–H and O–H groups in total. The molecular weight excluding hydrogens is 393 g/mol. The maximum Gasteiger partial charge on any atom is 0.416 e. The number of likely N-dealkylation sites (N-methyl/N-ethyl adjacent to an activating group) is 1. The number of rotatable bonds is 7. The van der Waals surface area contributed by atoms with Gasteiger partial charge in [-0.05, 0) is 30.3 Å². The first-order chi connectivity index (χ1) is 13.7. The maximum atomic E-state index is 12.8. The second-order valence-electron chi connectivity index (χ2n) is 5.63. The number of anilines is 2. The highest BCUT2D eigenvalue weighted by atomic mass is 19.4. The summed E-state index contributed by atoms with van der Waals surface area (Å²) in [7, 11) is 1.40. The summed E-state index contributed by atoms with van der Waals surface area (Å²) in [6.45, 7) is -0.921. The fraction of sp³-hybridized carbons (Fsp3) is 0.222. The van der Waals surface area contributed by atoms with Crippen LogP contribution in [0, 0.1) is 0 Å². The van der Waals surface area contributed by atoms with Crippen molar-refractivity contribution in [2.45, 2.75) is 6.18 Å². The normalized spacial score (nSPS) is 10.8. The van der Waals surface area contributed by atoms with Gasteiger partial charge in [0.2, 0.25) is 5.91 Å². The molecule has 11 heteroatoms. The number of amides is 2. The predicted molar refractivity (Wildman–Crippen MR) is 96.3 cm³/mol. The molecule has 0 radical (unpaired) electrons. The molecule has 154 valence electrons. The van der Waals surface area contributed by atoms with E-state index in [1.807, 2.05) is 0 Å². The minimum absolute atomic E-state index is 0.0393. The molecule has 0 aliphatic carbocycles. The third-order valence-corrected chi connectivity index (χ3v) is 3.54. The largest absolute Gasteiger partial charge is 0.452 e. The van der Waals surface area contributed by atoms with Crippen molar-refractivity contribution in [1.82, 2.24) is 15.6 Å². The van der Waals surface area contributed by atoms with E-state index in [-0.39, 0.29) is 23.6 Å². The first-order valence-electron chi connectivity index (χ1n) is 8.24.